The van der Waals surface area contributed by atoms with Gasteiger partial charge in [-0.3, -0.25) is 91.7 Å². The zero-order chi connectivity index (χ0) is 94.5. The van der Waals surface area contributed by atoms with Crippen LogP contribution in [0, 0.1) is 22.0 Å². The number of carbonyl (C=O) groups is 13. The molecular formula is C78H132N25O21PS. The summed E-state index contributed by atoms with van der Waals surface area (Å²) in [5.74, 6) is -14.0. The molecule has 0 bridgehead atoms. The van der Waals surface area contributed by atoms with Crippen molar-refractivity contribution in [2.75, 3.05) is 57.9 Å². The number of hydrogen-bond acceptors (Lipinski definition) is 26. The summed E-state index contributed by atoms with van der Waals surface area (Å²) in [5, 5.41) is 60.7. The topological polar surface area (TPSA) is 768 Å². The second kappa shape index (κ2) is 56.8. The number of para-hydroxylation sites is 1. The van der Waals surface area contributed by atoms with Gasteiger partial charge < -0.3 is 130 Å². The second-order valence-corrected chi connectivity index (χ2v) is 33.7. The van der Waals surface area contributed by atoms with E-state index in [0.29, 0.717) is 43.4 Å². The van der Waals surface area contributed by atoms with Crippen LogP contribution in [-0.4, -0.2) is 256 Å². The minimum atomic E-state index is -5.50. The number of likely N-dealkylation sites (tertiary alicyclic amines) is 1. The molecule has 0 radical (unpaired) electrons. The SMILES string of the molecule is CSCC[C@H](N)C(=O)N[C@@H](C)C(=O)N[C@@H](CCCN=C(N)N)C(=O)N[C@@H](CCCN=C(N)N)C(=O)N[C@@H](CC(C)C)C(=O)N[C@@H](Cc1ccc(O)cc1)C(=O)N[C@@H](CCCN=C(N)N)C(=O)N[C@@H](COP(=O)(O)OC(C)c1ccccc1[N+](=O)[O-])C(=O)N[C@@H](CC(C)C)C(=O)N1CCC[C@H]1C(=O)N[C@@H](C)C(=O)N[C@@H](CCCCN)C(=O)N[C@@H](CCCCN)C(=O)O. The molecule has 2 unspecified atom stereocenters. The maximum Gasteiger partial charge on any atom is 0.472 e. The number of nitrogens with zero attached hydrogens (tertiary/aromatic N) is 5. The summed E-state index contributed by atoms with van der Waals surface area (Å²) in [6.45, 7) is 9.58. The van der Waals surface area contributed by atoms with E-state index in [-0.39, 0.29) is 139 Å². The van der Waals surface area contributed by atoms with Crippen molar-refractivity contribution in [3.8, 4) is 5.75 Å². The first kappa shape index (κ1) is 109. The number of nitro groups is 1. The Morgan fingerprint density at radius 1 is 0.532 bits per heavy atom. The summed E-state index contributed by atoms with van der Waals surface area (Å²) in [7, 11) is -5.50. The van der Waals surface area contributed by atoms with Gasteiger partial charge in [0, 0.05) is 38.7 Å². The average molecular weight is 1820 g/mol. The highest BCUT2D eigenvalue weighted by molar-refractivity contribution is 7.98. The lowest BCUT2D eigenvalue weighted by Gasteiger charge is -2.31. The summed E-state index contributed by atoms with van der Waals surface area (Å²) < 4.78 is 24.8. The van der Waals surface area contributed by atoms with E-state index in [1.807, 2.05) is 6.26 Å². The van der Waals surface area contributed by atoms with Crippen LogP contribution in [0.25, 0.3) is 0 Å². The average Bonchev–Trinajstić information content (AvgIpc) is 1.58. The standard InChI is InChI=1S/C78H132N25O21PS/c1-43(2)39-57(98-68(110)54(23-16-35-89-77(84)85)95-66(108)53(22-15-34-88-76(82)83)94-63(105)45(5)91-65(107)51(81)31-38-126-8)70(112)99-58(41-48-27-29-49(104)30-28-48)71(113)96-55(24-17-36-90-78(86)87)69(111)101-60(42-123-125(121,122)124-47(7)50-19-9-10-25-61(50)103(119)120)72(114)100-59(40-44(3)4)74(116)102-37-18-26-62(102)73(115)92-46(6)64(106)93-52(20-11-13-32-79)67(109)97-56(75(117)118)21-12-14-33-80/h9-10,19,25,27-30,43-47,51-60,62,104H,11-18,20-24,26,31-42,79-81H2,1-8H3,(H,91,107)(H,92,115)(H,93,106)(H,94,105)(H,95,108)(H,96,113)(H,97,109)(H,98,110)(H,99,112)(H,100,114)(H,101,111)(H,117,118)(H,121,122)(H4,82,83,88)(H4,84,85,89)(H4,86,87,90)/t45-,46-,47?,51-,52-,53-,54-,55-,56-,57-,58-,59-,60-,62-/m0/s1. The van der Waals surface area contributed by atoms with Crippen LogP contribution in [0.4, 0.5) is 5.69 Å². The number of aliphatic carboxylic acids is 1. The normalized spacial score (nSPS) is 16.0. The summed E-state index contributed by atoms with van der Waals surface area (Å²) in [6, 6.07) is -8.68. The molecule has 2 aromatic carbocycles. The van der Waals surface area contributed by atoms with Crippen LogP contribution in [0.5, 0.6) is 5.75 Å². The number of phosphoric acid groups is 1. The van der Waals surface area contributed by atoms with Gasteiger partial charge in [-0.15, -0.1) is 0 Å². The first-order valence-corrected chi connectivity index (χ1v) is 44.7. The predicted molar refractivity (Wildman–Crippen MR) is 471 cm³/mol. The maximum atomic E-state index is 15.3. The number of rotatable bonds is 60. The fourth-order valence-corrected chi connectivity index (χ4v) is 14.5. The number of nitrogens with two attached hydrogens (primary N) is 9. The van der Waals surface area contributed by atoms with Gasteiger partial charge in [0.05, 0.1) is 29.2 Å². The molecule has 1 saturated heterocycles. The van der Waals surface area contributed by atoms with Gasteiger partial charge in [0.2, 0.25) is 70.9 Å². The summed E-state index contributed by atoms with van der Waals surface area (Å²) >= 11 is 1.46. The van der Waals surface area contributed by atoms with E-state index >= 15 is 24.0 Å². The molecule has 0 aromatic heterocycles. The van der Waals surface area contributed by atoms with E-state index in [9.17, 15) is 68.1 Å². The minimum Gasteiger partial charge on any atom is -0.508 e. The van der Waals surface area contributed by atoms with Gasteiger partial charge >= 0.3 is 13.8 Å². The highest BCUT2D eigenvalue weighted by Crippen LogP contribution is 2.49. The maximum absolute atomic E-state index is 15.3. The third-order valence-electron chi connectivity index (χ3n) is 19.8. The fourth-order valence-electron chi connectivity index (χ4n) is 13.1. The molecule has 2 aromatic rings. The molecule has 1 heterocycles. The molecule has 1 aliphatic rings. The molecule has 706 valence electrons. The van der Waals surface area contributed by atoms with Crippen molar-refractivity contribution >= 4 is 120 Å². The number of amides is 12. The number of hydrogen-bond donors (Lipinski definition) is 23. The third-order valence-corrected chi connectivity index (χ3v) is 21.5. The van der Waals surface area contributed by atoms with E-state index in [2.05, 4.69) is 73.5 Å². The lowest BCUT2D eigenvalue weighted by atomic mass is 9.99. The van der Waals surface area contributed by atoms with Gasteiger partial charge in [0.1, 0.15) is 78.3 Å². The lowest BCUT2D eigenvalue weighted by molar-refractivity contribution is -0.386. The van der Waals surface area contributed by atoms with Gasteiger partial charge in [0.25, 0.3) is 5.69 Å². The van der Waals surface area contributed by atoms with Crippen LogP contribution in [0.1, 0.15) is 175 Å². The number of carboxylic acids is 1. The number of guanidine groups is 3. The van der Waals surface area contributed by atoms with E-state index in [4.69, 9.17) is 60.7 Å². The van der Waals surface area contributed by atoms with Crippen molar-refractivity contribution < 1.29 is 96.0 Å². The quantitative estimate of drug-likeness (QED) is 0.00773. The number of phenols is 1. The number of phosphoric ester groups is 1. The lowest BCUT2D eigenvalue weighted by Crippen LogP contribution is -2.61. The molecule has 48 heteroatoms. The molecule has 126 heavy (non-hydrogen) atoms. The number of carbonyl (C=O) groups excluding carboxylic acids is 12. The molecule has 46 nitrogen and oxygen atoms in total. The fraction of sp³-hybridized carbons (Fsp3) is 0.641. The number of benzene rings is 2. The van der Waals surface area contributed by atoms with Crippen molar-refractivity contribution in [2.45, 2.75) is 249 Å². The van der Waals surface area contributed by atoms with Crippen LogP contribution in [0.3, 0.4) is 0 Å². The Morgan fingerprint density at radius 3 is 1.40 bits per heavy atom. The smallest absolute Gasteiger partial charge is 0.472 e. The molecule has 1 aliphatic heterocycles. The van der Waals surface area contributed by atoms with Crippen molar-refractivity contribution in [1.82, 2.24) is 63.4 Å². The largest absolute Gasteiger partial charge is 0.508 e. The molecular weight excluding hydrogens is 1690 g/mol. The summed E-state index contributed by atoms with van der Waals surface area (Å²) in [5.41, 5.74) is 50.6. The zero-order valence-corrected chi connectivity index (χ0v) is 74.4. The van der Waals surface area contributed by atoms with Crippen LogP contribution in [0.2, 0.25) is 0 Å². The van der Waals surface area contributed by atoms with Crippen molar-refractivity contribution in [1.29, 1.82) is 0 Å². The van der Waals surface area contributed by atoms with Gasteiger partial charge in [-0.2, -0.15) is 11.8 Å². The molecule has 0 saturated carbocycles. The van der Waals surface area contributed by atoms with E-state index in [1.54, 1.807) is 27.7 Å². The number of unbranched alkanes of at least 4 members (excludes halogenated alkanes) is 2. The number of aliphatic imine (C=N–C) groups is 3. The van der Waals surface area contributed by atoms with E-state index in [0.717, 1.165) is 11.0 Å². The van der Waals surface area contributed by atoms with Gasteiger partial charge in [-0.05, 0) is 191 Å². The first-order chi connectivity index (χ1) is 59.4. The number of aromatic hydroxyl groups is 1. The van der Waals surface area contributed by atoms with Gasteiger partial charge in [-0.25, -0.2) is 9.36 Å². The number of carboxylic acid groups (broad SMARTS) is 1. The Kier molecular flexibility index (Phi) is 49.2. The first-order valence-electron chi connectivity index (χ1n) is 41.8. The van der Waals surface area contributed by atoms with E-state index in [1.165, 1.54) is 75.0 Å². The molecule has 15 atom stereocenters. The molecule has 0 spiro atoms. The molecule has 1 fully saturated rings. The summed E-state index contributed by atoms with van der Waals surface area (Å²) in [6.07, 6.45) is 1.19. The van der Waals surface area contributed by atoms with Crippen LogP contribution < -0.4 is 110 Å². The number of nitrogens with one attached hydrogen (secondary N) is 11. The molecule has 0 aliphatic carbocycles. The number of phenolic OH excluding ortho intramolecular Hbond substituents is 1. The Morgan fingerprint density at radius 2 is 0.937 bits per heavy atom. The van der Waals surface area contributed by atoms with Crippen LogP contribution in [-0.2, 0) is 82.4 Å². The molecule has 32 N–H and O–H groups in total. The van der Waals surface area contributed by atoms with Gasteiger partial charge in [0.15, 0.2) is 17.9 Å². The number of nitro benzene ring substituents is 1. The van der Waals surface area contributed by atoms with Gasteiger partial charge in [-0.1, -0.05) is 52.0 Å². The van der Waals surface area contributed by atoms with Crippen LogP contribution in [0.15, 0.2) is 63.5 Å². The number of thioether (sulfide) groups is 1. The monoisotopic (exact) mass is 1820 g/mol. The zero-order valence-electron chi connectivity index (χ0n) is 72.7. The second-order valence-electron chi connectivity index (χ2n) is 31.3. The highest BCUT2D eigenvalue weighted by Gasteiger charge is 2.42. The Bertz CT molecular complexity index is 4070. The molecule has 12 amide bonds. The molecule has 3 rings (SSSR count). The van der Waals surface area contributed by atoms with E-state index < -0.39 is 211 Å². The van der Waals surface area contributed by atoms with Crippen LogP contribution >= 0.6 is 19.6 Å². The predicted octanol–water partition coefficient (Wildman–Crippen LogP) is -3.22. The van der Waals surface area contributed by atoms with Crippen molar-refractivity contribution in [2.24, 2.45) is 78.4 Å². The highest BCUT2D eigenvalue weighted by atomic mass is 32.2. The van der Waals surface area contributed by atoms with Crippen molar-refractivity contribution in [3.05, 3.63) is 69.8 Å². The summed E-state index contributed by atoms with van der Waals surface area (Å²) in [4.78, 5) is 222. The Labute approximate surface area is 736 Å². The Balaban J connectivity index is 2.18. The minimum absolute atomic E-state index is 0.00140. The van der Waals surface area contributed by atoms with Crippen molar-refractivity contribution in [3.63, 3.8) is 0 Å². The third kappa shape index (κ3) is 40.9. The Hall–Kier alpha value is -11.1.